The predicted molar refractivity (Wildman–Crippen MR) is 74.9 cm³/mol. The highest BCUT2D eigenvalue weighted by Crippen LogP contribution is 2.16. The second kappa shape index (κ2) is 8.02. The van der Waals surface area contributed by atoms with Gasteiger partial charge in [0.2, 0.25) is 0 Å². The van der Waals surface area contributed by atoms with E-state index in [-0.39, 0.29) is 0 Å². The van der Waals surface area contributed by atoms with E-state index in [0.29, 0.717) is 12.5 Å². The van der Waals surface area contributed by atoms with Crippen molar-refractivity contribution in [3.05, 3.63) is 24.3 Å². The number of methoxy groups -OCH3 is 1. The highest BCUT2D eigenvalue weighted by atomic mass is 16.5. The lowest BCUT2D eigenvalue weighted by atomic mass is 10.0. The van der Waals surface area contributed by atoms with Crippen molar-refractivity contribution in [1.82, 2.24) is 5.32 Å². The van der Waals surface area contributed by atoms with Crippen LogP contribution < -0.4 is 14.8 Å². The fourth-order valence-electron chi connectivity index (χ4n) is 2.19. The van der Waals surface area contributed by atoms with Crippen LogP contribution in [-0.4, -0.2) is 40.0 Å². The molecule has 0 radical (unpaired) electrons. The molecule has 1 aromatic carbocycles. The van der Waals surface area contributed by atoms with Gasteiger partial charge in [-0.25, -0.2) is 0 Å². The van der Waals surface area contributed by atoms with Gasteiger partial charge in [0.1, 0.15) is 18.1 Å². The molecule has 1 saturated heterocycles. The maximum atomic E-state index is 5.65. The minimum Gasteiger partial charge on any atom is -0.497 e. The third-order valence-electron chi connectivity index (χ3n) is 3.29. The van der Waals surface area contributed by atoms with Crippen LogP contribution >= 0.6 is 0 Å². The Balaban J connectivity index is 1.55. The van der Waals surface area contributed by atoms with E-state index in [1.54, 1.807) is 7.11 Å². The number of nitrogens with one attached hydrogen (secondary N) is 1. The Morgan fingerprint density at radius 3 is 2.74 bits per heavy atom. The minimum atomic E-state index is 0.662. The largest absolute Gasteiger partial charge is 0.497 e. The van der Waals surface area contributed by atoms with Crippen molar-refractivity contribution < 1.29 is 14.2 Å². The summed E-state index contributed by atoms with van der Waals surface area (Å²) in [5.74, 6) is 2.39. The van der Waals surface area contributed by atoms with Gasteiger partial charge < -0.3 is 19.5 Å². The molecule has 106 valence electrons. The maximum absolute atomic E-state index is 5.65. The van der Waals surface area contributed by atoms with Gasteiger partial charge in [0.05, 0.1) is 13.7 Å². The lowest BCUT2D eigenvalue weighted by Gasteiger charge is -2.22. The van der Waals surface area contributed by atoms with Crippen LogP contribution in [0.15, 0.2) is 24.3 Å². The van der Waals surface area contributed by atoms with E-state index in [9.17, 15) is 0 Å². The summed E-state index contributed by atoms with van der Waals surface area (Å²) in [6, 6.07) is 7.66. The third kappa shape index (κ3) is 5.09. The van der Waals surface area contributed by atoms with Crippen LogP contribution in [0.4, 0.5) is 0 Å². The molecule has 19 heavy (non-hydrogen) atoms. The molecule has 0 saturated carbocycles. The lowest BCUT2D eigenvalue weighted by molar-refractivity contribution is 0.0546. The molecular formula is C15H23NO3. The van der Waals surface area contributed by atoms with Gasteiger partial charge in [0, 0.05) is 19.7 Å². The molecule has 1 aromatic rings. The Labute approximate surface area is 115 Å². The van der Waals surface area contributed by atoms with E-state index in [2.05, 4.69) is 5.32 Å². The zero-order valence-corrected chi connectivity index (χ0v) is 11.6. The van der Waals surface area contributed by atoms with Gasteiger partial charge in [0.25, 0.3) is 0 Å². The van der Waals surface area contributed by atoms with Crippen molar-refractivity contribution in [1.29, 1.82) is 0 Å². The average Bonchev–Trinajstić information content (AvgIpc) is 2.49. The van der Waals surface area contributed by atoms with Gasteiger partial charge in [-0.1, -0.05) is 0 Å². The number of benzene rings is 1. The van der Waals surface area contributed by atoms with Gasteiger partial charge in [-0.05, 0) is 43.0 Å². The fourth-order valence-corrected chi connectivity index (χ4v) is 2.19. The molecule has 2 rings (SSSR count). The van der Waals surface area contributed by atoms with Crippen LogP contribution in [-0.2, 0) is 4.74 Å². The summed E-state index contributed by atoms with van der Waals surface area (Å²) in [5, 5.41) is 3.42. The first-order valence-electron chi connectivity index (χ1n) is 6.94. The third-order valence-corrected chi connectivity index (χ3v) is 3.29. The van der Waals surface area contributed by atoms with E-state index >= 15 is 0 Å². The molecule has 0 spiro atoms. The molecule has 0 bridgehead atoms. The van der Waals surface area contributed by atoms with Crippen LogP contribution in [0, 0.1) is 5.92 Å². The topological polar surface area (TPSA) is 39.7 Å². The van der Waals surface area contributed by atoms with E-state index in [0.717, 1.165) is 37.8 Å². The Morgan fingerprint density at radius 2 is 2.05 bits per heavy atom. The molecule has 0 amide bonds. The molecule has 4 nitrogen and oxygen atoms in total. The van der Waals surface area contributed by atoms with E-state index in [4.69, 9.17) is 14.2 Å². The van der Waals surface area contributed by atoms with Gasteiger partial charge in [0.15, 0.2) is 0 Å². The first-order valence-corrected chi connectivity index (χ1v) is 6.94. The normalized spacial score (nSPS) is 19.1. The second-order valence-electron chi connectivity index (χ2n) is 4.81. The number of rotatable bonds is 7. The molecule has 1 aliphatic rings. The van der Waals surface area contributed by atoms with Crippen LogP contribution in [0.25, 0.3) is 0 Å². The second-order valence-corrected chi connectivity index (χ2v) is 4.81. The van der Waals surface area contributed by atoms with Crippen LogP contribution in [0.1, 0.15) is 12.8 Å². The summed E-state index contributed by atoms with van der Waals surface area (Å²) in [6.45, 7) is 4.39. The summed E-state index contributed by atoms with van der Waals surface area (Å²) in [5.41, 5.74) is 0. The Morgan fingerprint density at radius 1 is 1.26 bits per heavy atom. The van der Waals surface area contributed by atoms with Crippen molar-refractivity contribution in [2.75, 3.05) is 40.0 Å². The zero-order valence-electron chi connectivity index (χ0n) is 11.6. The SMILES string of the molecule is COc1ccc(OCCNCC2CCCOC2)cc1. The Bertz CT molecular complexity index is 347. The quantitative estimate of drug-likeness (QED) is 0.766. The molecular weight excluding hydrogens is 242 g/mol. The van der Waals surface area contributed by atoms with Gasteiger partial charge >= 0.3 is 0 Å². The molecule has 4 heteroatoms. The monoisotopic (exact) mass is 265 g/mol. The molecule has 1 N–H and O–H groups in total. The van der Waals surface area contributed by atoms with E-state index in [1.165, 1.54) is 12.8 Å². The fraction of sp³-hybridized carbons (Fsp3) is 0.600. The highest BCUT2D eigenvalue weighted by Gasteiger charge is 2.12. The highest BCUT2D eigenvalue weighted by molar-refractivity contribution is 5.31. The molecule has 1 fully saturated rings. The van der Waals surface area contributed by atoms with E-state index < -0.39 is 0 Å². The van der Waals surface area contributed by atoms with Crippen LogP contribution in [0.5, 0.6) is 11.5 Å². The molecule has 1 atom stereocenters. The lowest BCUT2D eigenvalue weighted by Crippen LogP contribution is -2.31. The number of ether oxygens (including phenoxy) is 3. The summed E-state index contributed by atoms with van der Waals surface area (Å²) in [7, 11) is 1.66. The van der Waals surface area contributed by atoms with E-state index in [1.807, 2.05) is 24.3 Å². The standard InChI is InChI=1S/C15H23NO3/c1-17-14-4-6-15(7-5-14)19-10-8-16-11-13-3-2-9-18-12-13/h4-7,13,16H,2-3,8-12H2,1H3. The van der Waals surface area contributed by atoms with Gasteiger partial charge in [-0.15, -0.1) is 0 Å². The van der Waals surface area contributed by atoms with Gasteiger partial charge in [-0.3, -0.25) is 0 Å². The van der Waals surface area contributed by atoms with Crippen LogP contribution in [0.3, 0.4) is 0 Å². The molecule has 0 aliphatic carbocycles. The predicted octanol–water partition coefficient (Wildman–Crippen LogP) is 2.09. The maximum Gasteiger partial charge on any atom is 0.119 e. The minimum absolute atomic E-state index is 0.662. The summed E-state index contributed by atoms with van der Waals surface area (Å²) < 4.78 is 16.2. The van der Waals surface area contributed by atoms with Crippen molar-refractivity contribution in [3.8, 4) is 11.5 Å². The summed E-state index contributed by atoms with van der Waals surface area (Å²) in [6.07, 6.45) is 2.46. The molecule has 1 aliphatic heterocycles. The molecule has 0 aromatic heterocycles. The summed E-state index contributed by atoms with van der Waals surface area (Å²) >= 11 is 0. The first kappa shape index (κ1) is 14.2. The molecule has 1 heterocycles. The van der Waals surface area contributed by atoms with Crippen LogP contribution in [0.2, 0.25) is 0 Å². The average molecular weight is 265 g/mol. The summed E-state index contributed by atoms with van der Waals surface area (Å²) in [4.78, 5) is 0. The number of hydrogen-bond donors (Lipinski definition) is 1. The van der Waals surface area contributed by atoms with Crippen molar-refractivity contribution in [3.63, 3.8) is 0 Å². The Kier molecular flexibility index (Phi) is 5.98. The number of hydrogen-bond acceptors (Lipinski definition) is 4. The van der Waals surface area contributed by atoms with Crippen molar-refractivity contribution in [2.24, 2.45) is 5.92 Å². The van der Waals surface area contributed by atoms with Crippen molar-refractivity contribution in [2.45, 2.75) is 12.8 Å². The van der Waals surface area contributed by atoms with Gasteiger partial charge in [-0.2, -0.15) is 0 Å². The van der Waals surface area contributed by atoms with Crippen molar-refractivity contribution >= 4 is 0 Å². The first-order chi connectivity index (χ1) is 9.38. The molecule has 1 unspecified atom stereocenters. The zero-order chi connectivity index (χ0) is 13.3. The smallest absolute Gasteiger partial charge is 0.119 e. The Hall–Kier alpha value is -1.26.